The van der Waals surface area contributed by atoms with Crippen molar-refractivity contribution in [2.45, 2.75) is 57.5 Å². The maximum Gasteiger partial charge on any atom is 0.119 e. The van der Waals surface area contributed by atoms with Crippen LogP contribution in [0, 0.1) is 11.8 Å². The van der Waals surface area contributed by atoms with Gasteiger partial charge in [-0.3, -0.25) is 0 Å². The largest absolute Gasteiger partial charge is 0.494 e. The molecule has 0 heterocycles. The predicted octanol–water partition coefficient (Wildman–Crippen LogP) is 4.95. The number of ether oxygens (including phenoxy) is 1. The lowest BCUT2D eigenvalue weighted by Crippen LogP contribution is -2.18. The van der Waals surface area contributed by atoms with E-state index in [1.165, 1.54) is 42.1 Å². The fourth-order valence-corrected chi connectivity index (χ4v) is 4.49. The molecule has 3 nitrogen and oxygen atoms in total. The minimum Gasteiger partial charge on any atom is -0.494 e. The molecular formula is C25H35O3P. The van der Waals surface area contributed by atoms with Gasteiger partial charge in [-0.15, -0.1) is 9.24 Å². The minimum absolute atomic E-state index is 0.0851. The van der Waals surface area contributed by atoms with E-state index in [9.17, 15) is 5.11 Å². The fraction of sp³-hybridized carbons (Fsp3) is 0.520. The summed E-state index contributed by atoms with van der Waals surface area (Å²) in [7, 11) is 2.72. The van der Waals surface area contributed by atoms with E-state index >= 15 is 0 Å². The second-order valence-electron chi connectivity index (χ2n) is 8.41. The zero-order chi connectivity index (χ0) is 20.5. The smallest absolute Gasteiger partial charge is 0.119 e. The maximum atomic E-state index is 9.77. The van der Waals surface area contributed by atoms with Gasteiger partial charge in [-0.1, -0.05) is 62.1 Å². The minimum atomic E-state index is -0.331. The van der Waals surface area contributed by atoms with Gasteiger partial charge in [-0.2, -0.15) is 0 Å². The van der Waals surface area contributed by atoms with E-state index < -0.39 is 0 Å². The number of rotatable bonds is 10. The second-order valence-corrected chi connectivity index (χ2v) is 9.08. The summed E-state index contributed by atoms with van der Waals surface area (Å²) in [6, 6.07) is 16.9. The Balaban J connectivity index is 1.34. The summed E-state index contributed by atoms with van der Waals surface area (Å²) in [6.07, 6.45) is 8.30. The molecule has 158 valence electrons. The summed E-state index contributed by atoms with van der Waals surface area (Å²) in [6.45, 7) is 0.869. The van der Waals surface area contributed by atoms with E-state index in [1.54, 1.807) is 0 Å². The first-order valence-electron chi connectivity index (χ1n) is 11.0. The number of aliphatic hydroxyl groups is 2. The highest BCUT2D eigenvalue weighted by atomic mass is 31.0. The molecule has 1 aliphatic rings. The van der Waals surface area contributed by atoms with E-state index in [-0.39, 0.29) is 12.7 Å². The molecule has 2 aromatic rings. The third-order valence-electron chi connectivity index (χ3n) is 6.23. The molecule has 1 fully saturated rings. The number of benzene rings is 2. The van der Waals surface area contributed by atoms with Gasteiger partial charge < -0.3 is 14.9 Å². The summed E-state index contributed by atoms with van der Waals surface area (Å²) in [5.74, 6) is 2.45. The van der Waals surface area contributed by atoms with Crippen molar-refractivity contribution in [3.63, 3.8) is 0 Å². The van der Waals surface area contributed by atoms with Crippen LogP contribution < -0.4 is 10.0 Å². The van der Waals surface area contributed by atoms with Gasteiger partial charge in [0.05, 0.1) is 12.7 Å². The molecule has 2 unspecified atom stereocenters. The third-order valence-corrected chi connectivity index (χ3v) is 6.61. The van der Waals surface area contributed by atoms with Crippen molar-refractivity contribution in [2.24, 2.45) is 11.8 Å². The van der Waals surface area contributed by atoms with Crippen molar-refractivity contribution < 1.29 is 14.9 Å². The van der Waals surface area contributed by atoms with Gasteiger partial charge in [0.25, 0.3) is 0 Å². The summed E-state index contributed by atoms with van der Waals surface area (Å²) >= 11 is 0. The molecule has 0 radical (unpaired) electrons. The molecule has 0 amide bonds. The molecular weight excluding hydrogens is 379 g/mol. The van der Waals surface area contributed by atoms with E-state index in [1.807, 2.05) is 0 Å². The number of hydrogen-bond donors (Lipinski definition) is 2. The lowest BCUT2D eigenvalue weighted by atomic mass is 9.78. The van der Waals surface area contributed by atoms with Crippen LogP contribution in [0.3, 0.4) is 0 Å². The topological polar surface area (TPSA) is 49.7 Å². The van der Waals surface area contributed by atoms with Crippen molar-refractivity contribution in [2.75, 3.05) is 13.2 Å². The molecule has 29 heavy (non-hydrogen) atoms. The molecule has 4 heteroatoms. The number of hydrogen-bond acceptors (Lipinski definition) is 3. The van der Waals surface area contributed by atoms with Gasteiger partial charge in [0.2, 0.25) is 0 Å². The monoisotopic (exact) mass is 414 g/mol. The fourth-order valence-electron chi connectivity index (χ4n) is 4.29. The highest BCUT2D eigenvalue weighted by Crippen LogP contribution is 2.33. The van der Waals surface area contributed by atoms with E-state index in [0.717, 1.165) is 43.5 Å². The zero-order valence-electron chi connectivity index (χ0n) is 17.3. The van der Waals surface area contributed by atoms with Crippen LogP contribution in [0.4, 0.5) is 0 Å². The van der Waals surface area contributed by atoms with Crippen molar-refractivity contribution >= 4 is 14.5 Å². The first kappa shape index (κ1) is 22.3. The molecule has 1 aliphatic carbocycles. The Kier molecular flexibility index (Phi) is 8.98. The van der Waals surface area contributed by atoms with Gasteiger partial charge in [-0.25, -0.2) is 0 Å². The first-order valence-corrected chi connectivity index (χ1v) is 11.6. The molecule has 0 bridgehead atoms. The average molecular weight is 415 g/mol. The lowest BCUT2D eigenvalue weighted by molar-refractivity contribution is 0.112. The van der Waals surface area contributed by atoms with Crippen LogP contribution in [0.15, 0.2) is 48.5 Å². The normalized spacial score (nSPS) is 20.4. The summed E-state index contributed by atoms with van der Waals surface area (Å²) in [5, 5.41) is 19.8. The molecule has 0 spiro atoms. The predicted molar refractivity (Wildman–Crippen MR) is 124 cm³/mol. The van der Waals surface area contributed by atoms with Crippen LogP contribution in [0.2, 0.25) is 0 Å². The van der Waals surface area contributed by atoms with E-state index in [4.69, 9.17) is 9.84 Å². The highest BCUT2D eigenvalue weighted by molar-refractivity contribution is 7.27. The standard InChI is InChI=1S/C25H35O3P/c26-17-15-23(27)10-5-19-1-3-20(4-2-19)16-18-28-24-11-6-21(7-12-24)22-8-13-25(29)14-9-22/h6-9,11-14,19-20,23,26-27H,1-5,10,15-18,29H2. The van der Waals surface area contributed by atoms with Crippen molar-refractivity contribution in [3.05, 3.63) is 48.5 Å². The van der Waals surface area contributed by atoms with Crippen LogP contribution >= 0.6 is 9.24 Å². The Morgan fingerprint density at radius 3 is 1.97 bits per heavy atom. The molecule has 3 rings (SSSR count). The Morgan fingerprint density at radius 2 is 1.38 bits per heavy atom. The SMILES string of the molecule is OCCC(O)CCC1CCC(CCOc2ccc(-c3ccc(P)cc3)cc2)CC1. The van der Waals surface area contributed by atoms with Crippen molar-refractivity contribution in [3.8, 4) is 16.9 Å². The van der Waals surface area contributed by atoms with Crippen LogP contribution in [-0.2, 0) is 0 Å². The molecule has 0 aromatic heterocycles. The zero-order valence-corrected chi connectivity index (χ0v) is 18.5. The second kappa shape index (κ2) is 11.7. The van der Waals surface area contributed by atoms with E-state index in [0.29, 0.717) is 6.42 Å². The van der Waals surface area contributed by atoms with Crippen molar-refractivity contribution in [1.29, 1.82) is 0 Å². The molecule has 1 saturated carbocycles. The first-order chi connectivity index (χ1) is 14.1. The maximum absolute atomic E-state index is 9.77. The Morgan fingerprint density at radius 1 is 0.828 bits per heavy atom. The van der Waals surface area contributed by atoms with Crippen LogP contribution in [0.1, 0.15) is 51.4 Å². The molecule has 2 aromatic carbocycles. The van der Waals surface area contributed by atoms with Crippen LogP contribution in [0.25, 0.3) is 11.1 Å². The van der Waals surface area contributed by atoms with Gasteiger partial charge >= 0.3 is 0 Å². The number of aliphatic hydroxyl groups excluding tert-OH is 2. The quantitative estimate of drug-likeness (QED) is 0.541. The van der Waals surface area contributed by atoms with Crippen LogP contribution in [0.5, 0.6) is 5.75 Å². The highest BCUT2D eigenvalue weighted by Gasteiger charge is 2.21. The molecule has 0 saturated heterocycles. The average Bonchev–Trinajstić information content (AvgIpc) is 2.74. The summed E-state index contributed by atoms with van der Waals surface area (Å²) in [4.78, 5) is 0. The Hall–Kier alpha value is -1.41. The molecule has 2 N–H and O–H groups in total. The molecule has 2 atom stereocenters. The van der Waals surface area contributed by atoms with Crippen LogP contribution in [-0.4, -0.2) is 29.5 Å². The summed E-state index contributed by atoms with van der Waals surface area (Å²) < 4.78 is 5.99. The van der Waals surface area contributed by atoms with Gasteiger partial charge in [0, 0.05) is 6.61 Å². The van der Waals surface area contributed by atoms with Gasteiger partial charge in [0.1, 0.15) is 5.75 Å². The lowest BCUT2D eigenvalue weighted by Gasteiger charge is -2.29. The molecule has 0 aliphatic heterocycles. The van der Waals surface area contributed by atoms with Crippen molar-refractivity contribution in [1.82, 2.24) is 0 Å². The Labute approximate surface area is 177 Å². The Bertz CT molecular complexity index is 706. The van der Waals surface area contributed by atoms with E-state index in [2.05, 4.69) is 57.8 Å². The van der Waals surface area contributed by atoms with Gasteiger partial charge in [0.15, 0.2) is 0 Å². The van der Waals surface area contributed by atoms with Gasteiger partial charge in [-0.05, 0) is 66.1 Å². The third kappa shape index (κ3) is 7.41. The summed E-state index contributed by atoms with van der Waals surface area (Å²) in [5.41, 5.74) is 2.44.